The third-order valence-corrected chi connectivity index (χ3v) is 5.68. The van der Waals surface area contributed by atoms with Gasteiger partial charge in [0.25, 0.3) is 5.56 Å². The Morgan fingerprint density at radius 3 is 2.39 bits per heavy atom. The SMILES string of the molecule is CN=C(NCCCCn1c(C)cccc1=O)NCc1ccc(CN2CCCC2)cc1.I. The van der Waals surface area contributed by atoms with Crippen LogP contribution < -0.4 is 16.2 Å². The first-order valence-electron chi connectivity index (χ1n) is 11.1. The average molecular weight is 537 g/mol. The molecule has 0 saturated carbocycles. The maximum Gasteiger partial charge on any atom is 0.250 e. The summed E-state index contributed by atoms with van der Waals surface area (Å²) in [7, 11) is 1.79. The highest BCUT2D eigenvalue weighted by molar-refractivity contribution is 14.0. The number of benzene rings is 1. The zero-order chi connectivity index (χ0) is 21.2. The van der Waals surface area contributed by atoms with Gasteiger partial charge in [0.1, 0.15) is 0 Å². The number of hydrogen-bond acceptors (Lipinski definition) is 3. The Balaban J connectivity index is 0.00000341. The summed E-state index contributed by atoms with van der Waals surface area (Å²) in [5, 5.41) is 6.74. The Kier molecular flexibility index (Phi) is 11.1. The Hall–Kier alpha value is -1.87. The molecule has 0 radical (unpaired) electrons. The van der Waals surface area contributed by atoms with Gasteiger partial charge in [0.05, 0.1) is 0 Å². The minimum absolute atomic E-state index is 0. The van der Waals surface area contributed by atoms with Crippen LogP contribution in [0.3, 0.4) is 0 Å². The highest BCUT2D eigenvalue weighted by Gasteiger charge is 2.11. The quantitative estimate of drug-likeness (QED) is 0.223. The van der Waals surface area contributed by atoms with Crippen molar-refractivity contribution in [2.24, 2.45) is 4.99 Å². The van der Waals surface area contributed by atoms with Gasteiger partial charge in [-0.15, -0.1) is 24.0 Å². The van der Waals surface area contributed by atoms with Crippen LogP contribution in [0.5, 0.6) is 0 Å². The Morgan fingerprint density at radius 2 is 1.71 bits per heavy atom. The fourth-order valence-electron chi connectivity index (χ4n) is 3.88. The van der Waals surface area contributed by atoms with Gasteiger partial charge in [0, 0.05) is 45.0 Å². The molecule has 6 nitrogen and oxygen atoms in total. The number of nitrogens with one attached hydrogen (secondary N) is 2. The molecule has 31 heavy (non-hydrogen) atoms. The van der Waals surface area contributed by atoms with Gasteiger partial charge in [-0.05, 0) is 62.9 Å². The van der Waals surface area contributed by atoms with Gasteiger partial charge in [0.2, 0.25) is 0 Å². The molecule has 7 heteroatoms. The summed E-state index contributed by atoms with van der Waals surface area (Å²) in [6.07, 6.45) is 4.59. The number of likely N-dealkylation sites (tertiary alicyclic amines) is 1. The van der Waals surface area contributed by atoms with E-state index in [4.69, 9.17) is 0 Å². The van der Waals surface area contributed by atoms with Crippen molar-refractivity contribution in [2.45, 2.75) is 52.2 Å². The van der Waals surface area contributed by atoms with Gasteiger partial charge in [-0.2, -0.15) is 0 Å². The summed E-state index contributed by atoms with van der Waals surface area (Å²) < 4.78 is 1.83. The van der Waals surface area contributed by atoms with E-state index in [-0.39, 0.29) is 29.5 Å². The molecule has 1 aliphatic heterocycles. The van der Waals surface area contributed by atoms with E-state index in [0.717, 1.165) is 50.7 Å². The molecular formula is C24H36IN5O. The maximum absolute atomic E-state index is 11.9. The lowest BCUT2D eigenvalue weighted by atomic mass is 10.1. The Morgan fingerprint density at radius 1 is 1.00 bits per heavy atom. The molecule has 0 amide bonds. The zero-order valence-electron chi connectivity index (χ0n) is 18.8. The number of halogens is 1. The molecule has 1 aromatic heterocycles. The molecule has 0 aliphatic carbocycles. The van der Waals surface area contributed by atoms with E-state index in [0.29, 0.717) is 0 Å². The van der Waals surface area contributed by atoms with Gasteiger partial charge < -0.3 is 15.2 Å². The van der Waals surface area contributed by atoms with Crippen molar-refractivity contribution in [1.82, 2.24) is 20.1 Å². The molecule has 0 atom stereocenters. The van der Waals surface area contributed by atoms with Crippen molar-refractivity contribution in [2.75, 3.05) is 26.7 Å². The van der Waals surface area contributed by atoms with Crippen molar-refractivity contribution in [3.8, 4) is 0 Å². The van der Waals surface area contributed by atoms with Crippen LogP contribution in [0.15, 0.2) is 52.3 Å². The molecule has 0 unspecified atom stereocenters. The summed E-state index contributed by atoms with van der Waals surface area (Å²) >= 11 is 0. The Bertz CT molecular complexity index is 872. The van der Waals surface area contributed by atoms with Gasteiger partial charge in [-0.1, -0.05) is 30.3 Å². The topological polar surface area (TPSA) is 61.7 Å². The maximum atomic E-state index is 11.9. The lowest BCUT2D eigenvalue weighted by Crippen LogP contribution is -2.37. The van der Waals surface area contributed by atoms with Crippen molar-refractivity contribution in [3.63, 3.8) is 0 Å². The number of nitrogens with zero attached hydrogens (tertiary/aromatic N) is 3. The number of aliphatic imine (C=N–C) groups is 1. The number of hydrogen-bond donors (Lipinski definition) is 2. The predicted octanol–water partition coefficient (Wildman–Crippen LogP) is 3.52. The van der Waals surface area contributed by atoms with E-state index in [9.17, 15) is 4.79 Å². The molecule has 2 N–H and O–H groups in total. The van der Waals surface area contributed by atoms with Gasteiger partial charge in [-0.3, -0.25) is 14.7 Å². The van der Waals surface area contributed by atoms with Gasteiger partial charge in [0.15, 0.2) is 5.96 Å². The molecule has 1 fully saturated rings. The molecule has 2 aromatic rings. The molecule has 170 valence electrons. The number of aromatic nitrogens is 1. The first kappa shape index (κ1) is 25.4. The molecule has 2 heterocycles. The molecule has 1 saturated heterocycles. The molecule has 3 rings (SSSR count). The lowest BCUT2D eigenvalue weighted by molar-refractivity contribution is 0.331. The molecule has 0 spiro atoms. The van der Waals surface area contributed by atoms with E-state index in [1.165, 1.54) is 37.1 Å². The first-order chi connectivity index (χ1) is 14.7. The highest BCUT2D eigenvalue weighted by Crippen LogP contribution is 2.13. The van der Waals surface area contributed by atoms with Gasteiger partial charge in [-0.25, -0.2) is 0 Å². The summed E-state index contributed by atoms with van der Waals surface area (Å²) in [6.45, 7) is 7.83. The van der Waals surface area contributed by atoms with Crippen LogP contribution in [-0.2, 0) is 19.6 Å². The van der Waals surface area contributed by atoms with Crippen molar-refractivity contribution in [3.05, 3.63) is 69.6 Å². The highest BCUT2D eigenvalue weighted by atomic mass is 127. The van der Waals surface area contributed by atoms with Crippen LogP contribution in [0.25, 0.3) is 0 Å². The van der Waals surface area contributed by atoms with Crippen LogP contribution >= 0.6 is 24.0 Å². The largest absolute Gasteiger partial charge is 0.356 e. The fourth-order valence-corrected chi connectivity index (χ4v) is 3.88. The number of unbranched alkanes of at least 4 members (excludes halogenated alkanes) is 1. The van der Waals surface area contributed by atoms with Crippen molar-refractivity contribution < 1.29 is 0 Å². The number of aryl methyl sites for hydroxylation is 1. The normalized spacial score (nSPS) is 14.3. The lowest BCUT2D eigenvalue weighted by Gasteiger charge is -2.15. The van der Waals surface area contributed by atoms with Crippen LogP contribution in [-0.4, -0.2) is 42.1 Å². The van der Waals surface area contributed by atoms with Crippen molar-refractivity contribution in [1.29, 1.82) is 0 Å². The second-order valence-corrected chi connectivity index (χ2v) is 8.02. The minimum Gasteiger partial charge on any atom is -0.356 e. The first-order valence-corrected chi connectivity index (χ1v) is 11.1. The van der Waals surface area contributed by atoms with Crippen molar-refractivity contribution >= 4 is 29.9 Å². The second-order valence-electron chi connectivity index (χ2n) is 8.02. The molecule has 1 aromatic carbocycles. The summed E-state index contributed by atoms with van der Waals surface area (Å²) in [5.41, 5.74) is 3.73. The predicted molar refractivity (Wildman–Crippen MR) is 139 cm³/mol. The third-order valence-electron chi connectivity index (χ3n) is 5.68. The van der Waals surface area contributed by atoms with Crippen LogP contribution in [0.2, 0.25) is 0 Å². The van der Waals surface area contributed by atoms with Crippen LogP contribution in [0.4, 0.5) is 0 Å². The minimum atomic E-state index is 0. The van der Waals surface area contributed by atoms with E-state index < -0.39 is 0 Å². The van der Waals surface area contributed by atoms with Crippen LogP contribution in [0.1, 0.15) is 42.5 Å². The third kappa shape index (κ3) is 8.29. The van der Waals surface area contributed by atoms with E-state index in [2.05, 4.69) is 44.8 Å². The van der Waals surface area contributed by atoms with Crippen LogP contribution in [0, 0.1) is 6.92 Å². The zero-order valence-corrected chi connectivity index (χ0v) is 21.1. The van der Waals surface area contributed by atoms with E-state index >= 15 is 0 Å². The summed E-state index contributed by atoms with van der Waals surface area (Å²) in [4.78, 5) is 18.7. The van der Waals surface area contributed by atoms with E-state index in [1.54, 1.807) is 13.1 Å². The smallest absolute Gasteiger partial charge is 0.250 e. The monoisotopic (exact) mass is 537 g/mol. The number of guanidine groups is 1. The summed E-state index contributed by atoms with van der Waals surface area (Å²) in [6, 6.07) is 14.3. The fraction of sp³-hybridized carbons (Fsp3) is 0.500. The standard InChI is InChI=1S/C24H35N5O.HI/c1-20-8-7-9-23(30)29(20)17-4-3-14-26-24(25-2)27-18-21-10-12-22(13-11-21)19-28-15-5-6-16-28;/h7-13H,3-6,14-19H2,1-2H3,(H2,25,26,27);1H. The molecule has 1 aliphatic rings. The molecule has 0 bridgehead atoms. The average Bonchev–Trinajstić information content (AvgIpc) is 3.26. The number of pyridine rings is 1. The summed E-state index contributed by atoms with van der Waals surface area (Å²) in [5.74, 6) is 0.809. The Labute approximate surface area is 203 Å². The second kappa shape index (κ2) is 13.5. The number of rotatable bonds is 9. The van der Waals surface area contributed by atoms with E-state index in [1.807, 2.05) is 23.6 Å². The molecular weight excluding hydrogens is 501 g/mol. The van der Waals surface area contributed by atoms with Gasteiger partial charge >= 0.3 is 0 Å².